The fourth-order valence-electron chi connectivity index (χ4n) is 2.88. The second kappa shape index (κ2) is 7.34. The highest BCUT2D eigenvalue weighted by Crippen LogP contribution is 2.28. The van der Waals surface area contributed by atoms with Crippen molar-refractivity contribution in [3.8, 4) is 0 Å². The molecule has 0 radical (unpaired) electrons. The van der Waals surface area contributed by atoms with Gasteiger partial charge in [0.25, 0.3) is 5.91 Å². The standard InChI is InChI=1S/C20H22FN3O3/c1-20(2,3)23-19(26)27-16-11-14-5-4-10-22-17(14)24(18(16)25)12-13-6-8-15(21)9-7-13/h4-10,16H,11-12H2,1-3H3,(H,23,26). The Morgan fingerprint density at radius 3 is 2.67 bits per heavy atom. The van der Waals surface area contributed by atoms with Gasteiger partial charge in [-0.2, -0.15) is 0 Å². The molecule has 1 N–H and O–H groups in total. The van der Waals surface area contributed by atoms with Crippen LogP contribution in [0.5, 0.6) is 0 Å². The summed E-state index contributed by atoms with van der Waals surface area (Å²) in [5.74, 6) is -0.167. The topological polar surface area (TPSA) is 71.5 Å². The third kappa shape index (κ3) is 4.61. The number of amides is 2. The number of pyridine rings is 1. The first-order chi connectivity index (χ1) is 12.7. The number of nitrogens with zero attached hydrogens (tertiary/aromatic N) is 2. The molecule has 0 spiro atoms. The van der Waals surface area contributed by atoms with E-state index < -0.39 is 17.7 Å². The molecule has 0 bridgehead atoms. The van der Waals surface area contributed by atoms with E-state index >= 15 is 0 Å². The summed E-state index contributed by atoms with van der Waals surface area (Å²) in [6, 6.07) is 9.53. The van der Waals surface area contributed by atoms with Gasteiger partial charge < -0.3 is 10.1 Å². The molecule has 1 unspecified atom stereocenters. The van der Waals surface area contributed by atoms with Gasteiger partial charge in [-0.3, -0.25) is 9.69 Å². The number of carbonyl (C=O) groups excluding carboxylic acids is 2. The van der Waals surface area contributed by atoms with E-state index in [1.165, 1.54) is 17.0 Å². The van der Waals surface area contributed by atoms with Crippen molar-refractivity contribution in [3.63, 3.8) is 0 Å². The average molecular weight is 371 g/mol. The molecule has 1 aliphatic rings. The molecule has 2 heterocycles. The molecule has 1 aromatic carbocycles. The summed E-state index contributed by atoms with van der Waals surface area (Å²) >= 11 is 0. The highest BCUT2D eigenvalue weighted by atomic mass is 19.1. The summed E-state index contributed by atoms with van der Waals surface area (Å²) in [7, 11) is 0. The molecule has 0 aliphatic carbocycles. The fraction of sp³-hybridized carbons (Fsp3) is 0.350. The fourth-order valence-corrected chi connectivity index (χ4v) is 2.88. The van der Waals surface area contributed by atoms with Crippen LogP contribution < -0.4 is 10.2 Å². The Kier molecular flexibility index (Phi) is 5.12. The highest BCUT2D eigenvalue weighted by molar-refractivity contribution is 5.99. The molecule has 2 amide bonds. The minimum absolute atomic E-state index is 0.212. The summed E-state index contributed by atoms with van der Waals surface area (Å²) in [5, 5.41) is 2.69. The van der Waals surface area contributed by atoms with Gasteiger partial charge in [0.1, 0.15) is 11.6 Å². The van der Waals surface area contributed by atoms with Gasteiger partial charge in [-0.15, -0.1) is 0 Å². The van der Waals surface area contributed by atoms with E-state index in [0.29, 0.717) is 5.82 Å². The zero-order valence-corrected chi connectivity index (χ0v) is 15.5. The lowest BCUT2D eigenvalue weighted by molar-refractivity contribution is -0.127. The van der Waals surface area contributed by atoms with Crippen molar-refractivity contribution in [2.75, 3.05) is 4.90 Å². The molecule has 1 atom stereocenters. The Morgan fingerprint density at radius 1 is 1.30 bits per heavy atom. The van der Waals surface area contributed by atoms with Gasteiger partial charge in [0, 0.05) is 18.2 Å². The summed E-state index contributed by atoms with van der Waals surface area (Å²) in [6.07, 6.45) is 0.288. The van der Waals surface area contributed by atoms with Gasteiger partial charge >= 0.3 is 6.09 Å². The van der Waals surface area contributed by atoms with Crippen LogP contribution in [0.3, 0.4) is 0 Å². The van der Waals surface area contributed by atoms with Crippen LogP contribution in [-0.2, 0) is 22.5 Å². The average Bonchev–Trinajstić information content (AvgIpc) is 2.58. The molecule has 1 aromatic heterocycles. The molecule has 0 saturated heterocycles. The van der Waals surface area contributed by atoms with Gasteiger partial charge in [-0.1, -0.05) is 18.2 Å². The van der Waals surface area contributed by atoms with E-state index in [4.69, 9.17) is 4.74 Å². The Labute approximate surface area is 157 Å². The van der Waals surface area contributed by atoms with Crippen LogP contribution in [0, 0.1) is 5.82 Å². The maximum Gasteiger partial charge on any atom is 0.408 e. The number of hydrogen-bond acceptors (Lipinski definition) is 4. The Morgan fingerprint density at radius 2 is 2.00 bits per heavy atom. The zero-order valence-electron chi connectivity index (χ0n) is 15.5. The van der Waals surface area contributed by atoms with Crippen molar-refractivity contribution in [1.82, 2.24) is 10.3 Å². The second-order valence-corrected chi connectivity index (χ2v) is 7.51. The predicted octanol–water partition coefficient (Wildman–Crippen LogP) is 3.20. The van der Waals surface area contributed by atoms with Crippen molar-refractivity contribution in [3.05, 3.63) is 59.5 Å². The number of ether oxygens (including phenoxy) is 1. The van der Waals surface area contributed by atoms with Crippen molar-refractivity contribution in [1.29, 1.82) is 0 Å². The molecular formula is C20H22FN3O3. The number of halogens is 1. The SMILES string of the molecule is CC(C)(C)NC(=O)OC1Cc2cccnc2N(Cc2ccc(F)cc2)C1=O. The molecule has 0 fully saturated rings. The van der Waals surface area contributed by atoms with E-state index in [0.717, 1.165) is 11.1 Å². The third-order valence-electron chi connectivity index (χ3n) is 4.05. The molecular weight excluding hydrogens is 349 g/mol. The Balaban J connectivity index is 1.84. The number of fused-ring (bicyclic) bond motifs is 1. The maximum atomic E-state index is 13.2. The van der Waals surface area contributed by atoms with Crippen LogP contribution >= 0.6 is 0 Å². The number of anilines is 1. The number of nitrogens with one attached hydrogen (secondary N) is 1. The summed E-state index contributed by atoms with van der Waals surface area (Å²) in [6.45, 7) is 5.70. The molecule has 3 rings (SSSR count). The predicted molar refractivity (Wildman–Crippen MR) is 98.7 cm³/mol. The Hall–Kier alpha value is -2.96. The smallest absolute Gasteiger partial charge is 0.408 e. The quantitative estimate of drug-likeness (QED) is 0.899. The molecule has 7 heteroatoms. The van der Waals surface area contributed by atoms with Crippen LogP contribution in [-0.4, -0.2) is 28.6 Å². The second-order valence-electron chi connectivity index (χ2n) is 7.51. The maximum absolute atomic E-state index is 13.2. The molecule has 2 aromatic rings. The van der Waals surface area contributed by atoms with Crippen molar-refractivity contribution in [2.24, 2.45) is 0 Å². The molecule has 0 saturated carbocycles. The van der Waals surface area contributed by atoms with Crippen LogP contribution in [0.15, 0.2) is 42.6 Å². The highest BCUT2D eigenvalue weighted by Gasteiger charge is 2.36. The molecule has 142 valence electrons. The number of aromatic nitrogens is 1. The normalized spacial score (nSPS) is 16.7. The van der Waals surface area contributed by atoms with E-state index in [9.17, 15) is 14.0 Å². The number of alkyl carbamates (subject to hydrolysis) is 1. The van der Waals surface area contributed by atoms with E-state index in [-0.39, 0.29) is 24.7 Å². The summed E-state index contributed by atoms with van der Waals surface area (Å²) in [4.78, 5) is 30.9. The number of carbonyl (C=O) groups is 2. The van der Waals surface area contributed by atoms with Crippen LogP contribution in [0.25, 0.3) is 0 Å². The molecule has 27 heavy (non-hydrogen) atoms. The number of hydrogen-bond donors (Lipinski definition) is 1. The van der Waals surface area contributed by atoms with Gasteiger partial charge in [-0.25, -0.2) is 14.2 Å². The minimum atomic E-state index is -0.940. The molecule has 6 nitrogen and oxygen atoms in total. The Bertz CT molecular complexity index is 846. The first-order valence-electron chi connectivity index (χ1n) is 8.71. The lowest BCUT2D eigenvalue weighted by Gasteiger charge is -2.33. The first-order valence-corrected chi connectivity index (χ1v) is 8.71. The van der Waals surface area contributed by atoms with Crippen molar-refractivity contribution < 1.29 is 18.7 Å². The largest absolute Gasteiger partial charge is 0.436 e. The summed E-state index contributed by atoms with van der Waals surface area (Å²) in [5.41, 5.74) is 1.09. The van der Waals surface area contributed by atoms with E-state index in [1.807, 2.05) is 26.8 Å². The first kappa shape index (κ1) is 18.8. The lowest BCUT2D eigenvalue weighted by atomic mass is 10.0. The molecule has 1 aliphatic heterocycles. The monoisotopic (exact) mass is 371 g/mol. The van der Waals surface area contributed by atoms with Gasteiger partial charge in [-0.05, 0) is 50.1 Å². The minimum Gasteiger partial charge on any atom is -0.436 e. The van der Waals surface area contributed by atoms with Crippen LogP contribution in [0.1, 0.15) is 31.9 Å². The van der Waals surface area contributed by atoms with Gasteiger partial charge in [0.05, 0.1) is 6.54 Å². The number of benzene rings is 1. The zero-order chi connectivity index (χ0) is 19.6. The third-order valence-corrected chi connectivity index (χ3v) is 4.05. The van der Waals surface area contributed by atoms with Gasteiger partial charge in [0.15, 0.2) is 6.10 Å². The number of rotatable bonds is 3. The van der Waals surface area contributed by atoms with Crippen LogP contribution in [0.2, 0.25) is 0 Å². The van der Waals surface area contributed by atoms with Crippen molar-refractivity contribution >= 4 is 17.8 Å². The summed E-state index contributed by atoms with van der Waals surface area (Å²) < 4.78 is 18.6. The van der Waals surface area contributed by atoms with Gasteiger partial charge in [0.2, 0.25) is 0 Å². The van der Waals surface area contributed by atoms with E-state index in [1.54, 1.807) is 24.4 Å². The van der Waals surface area contributed by atoms with Crippen molar-refractivity contribution in [2.45, 2.75) is 45.4 Å². The van der Waals surface area contributed by atoms with Crippen LogP contribution in [0.4, 0.5) is 15.0 Å². The van der Waals surface area contributed by atoms with E-state index in [2.05, 4.69) is 10.3 Å². The lowest BCUT2D eigenvalue weighted by Crippen LogP contribution is -2.49.